The predicted molar refractivity (Wildman–Crippen MR) is 154 cm³/mol. The van der Waals surface area contributed by atoms with Crippen LogP contribution in [0.25, 0.3) is 0 Å². The summed E-state index contributed by atoms with van der Waals surface area (Å²) in [6, 6.07) is 14.0. The largest absolute Gasteiger partial charge is 0.300 e. The van der Waals surface area contributed by atoms with Gasteiger partial charge < -0.3 is 4.90 Å². The third-order valence-electron chi connectivity index (χ3n) is 7.78. The molecule has 204 valence electrons. The van der Waals surface area contributed by atoms with Crippen LogP contribution in [0.2, 0.25) is 10.0 Å². The minimum atomic E-state index is -3.22. The number of benzene rings is 2. The van der Waals surface area contributed by atoms with E-state index >= 15 is 0 Å². The molecule has 1 aliphatic rings. The topological polar surface area (TPSA) is 57.7 Å². The molecular formula is C29H40Cl2N2O3S. The second-order valence-electron chi connectivity index (χ2n) is 10.9. The SMILES string of the molecule is Cc1ccc(CCCC(C)C(=O)C(C)(CCN2CCN(S(C)(=O)=O)[C@H](C)C2)c2ccc(Cl)c(Cl)c2)cc1. The fourth-order valence-corrected chi connectivity index (χ4v) is 6.82. The summed E-state index contributed by atoms with van der Waals surface area (Å²) in [5.41, 5.74) is 2.69. The highest BCUT2D eigenvalue weighted by Gasteiger charge is 2.39. The second kappa shape index (κ2) is 12.6. The quantitative estimate of drug-likeness (QED) is 0.327. The number of piperazine rings is 1. The third-order valence-corrected chi connectivity index (χ3v) is 9.91. The maximum atomic E-state index is 14.0. The summed E-state index contributed by atoms with van der Waals surface area (Å²) in [6.45, 7) is 10.5. The van der Waals surface area contributed by atoms with E-state index in [1.807, 2.05) is 32.9 Å². The van der Waals surface area contributed by atoms with Crippen molar-refractivity contribution in [1.29, 1.82) is 0 Å². The normalized spacial score (nSPS) is 19.9. The molecule has 3 atom stereocenters. The monoisotopic (exact) mass is 566 g/mol. The smallest absolute Gasteiger partial charge is 0.211 e. The first kappa shape index (κ1) is 30.1. The van der Waals surface area contributed by atoms with E-state index in [0.29, 0.717) is 42.6 Å². The molecular weight excluding hydrogens is 527 g/mol. The molecule has 0 aliphatic carbocycles. The molecule has 8 heteroatoms. The van der Waals surface area contributed by atoms with Crippen molar-refractivity contribution in [3.8, 4) is 0 Å². The van der Waals surface area contributed by atoms with Gasteiger partial charge in [-0.25, -0.2) is 8.42 Å². The zero-order valence-corrected chi connectivity index (χ0v) is 25.0. The summed E-state index contributed by atoms with van der Waals surface area (Å²) in [5, 5.41) is 0.915. The molecule has 1 fully saturated rings. The van der Waals surface area contributed by atoms with Crippen LogP contribution >= 0.6 is 23.2 Å². The fourth-order valence-electron chi connectivity index (χ4n) is 5.39. The number of rotatable bonds is 11. The van der Waals surface area contributed by atoms with Gasteiger partial charge in [-0.2, -0.15) is 4.31 Å². The Bertz CT molecular complexity index is 1190. The average Bonchev–Trinajstić information content (AvgIpc) is 2.84. The Kier molecular flexibility index (Phi) is 10.3. The van der Waals surface area contributed by atoms with Crippen molar-refractivity contribution < 1.29 is 13.2 Å². The molecule has 0 aromatic heterocycles. The van der Waals surface area contributed by atoms with Crippen molar-refractivity contribution in [2.24, 2.45) is 5.92 Å². The number of carbonyl (C=O) groups excluding carboxylic acids is 1. The highest BCUT2D eigenvalue weighted by Crippen LogP contribution is 2.36. The van der Waals surface area contributed by atoms with E-state index in [1.165, 1.54) is 17.4 Å². The number of Topliss-reactive ketones (excluding diaryl/α,β-unsaturated/α-hetero) is 1. The van der Waals surface area contributed by atoms with E-state index in [1.54, 1.807) is 10.4 Å². The molecule has 0 bridgehead atoms. The van der Waals surface area contributed by atoms with Crippen LogP contribution in [0.3, 0.4) is 0 Å². The van der Waals surface area contributed by atoms with Crippen LogP contribution in [0.4, 0.5) is 0 Å². The van der Waals surface area contributed by atoms with Crippen molar-refractivity contribution in [3.63, 3.8) is 0 Å². The lowest BCUT2D eigenvalue weighted by atomic mass is 9.71. The molecule has 5 nitrogen and oxygen atoms in total. The van der Waals surface area contributed by atoms with Gasteiger partial charge in [-0.15, -0.1) is 0 Å². The summed E-state index contributed by atoms with van der Waals surface area (Å²) in [4.78, 5) is 16.2. The number of hydrogen-bond donors (Lipinski definition) is 0. The highest BCUT2D eigenvalue weighted by molar-refractivity contribution is 7.88. The van der Waals surface area contributed by atoms with Gasteiger partial charge in [0.25, 0.3) is 0 Å². The number of nitrogens with zero attached hydrogens (tertiary/aromatic N) is 2. The van der Waals surface area contributed by atoms with Crippen molar-refractivity contribution >= 4 is 39.0 Å². The van der Waals surface area contributed by atoms with Gasteiger partial charge in [0, 0.05) is 31.6 Å². The van der Waals surface area contributed by atoms with E-state index in [4.69, 9.17) is 23.2 Å². The fraction of sp³-hybridized carbons (Fsp3) is 0.552. The Morgan fingerprint density at radius 2 is 1.78 bits per heavy atom. The van der Waals surface area contributed by atoms with Gasteiger partial charge in [-0.1, -0.05) is 66.0 Å². The van der Waals surface area contributed by atoms with Crippen molar-refractivity contribution in [1.82, 2.24) is 9.21 Å². The first-order valence-corrected chi connectivity index (χ1v) is 15.7. The van der Waals surface area contributed by atoms with Crippen LogP contribution in [0.1, 0.15) is 56.7 Å². The Morgan fingerprint density at radius 1 is 1.11 bits per heavy atom. The van der Waals surface area contributed by atoms with Gasteiger partial charge in [0.1, 0.15) is 5.78 Å². The average molecular weight is 568 g/mol. The summed E-state index contributed by atoms with van der Waals surface area (Å²) in [6.07, 6.45) is 4.59. The second-order valence-corrected chi connectivity index (χ2v) is 13.6. The lowest BCUT2D eigenvalue weighted by Gasteiger charge is -2.40. The molecule has 0 radical (unpaired) electrons. The first-order valence-electron chi connectivity index (χ1n) is 13.1. The standard InChI is InChI=1S/C29H40Cl2N2O3S/c1-21-9-11-24(12-10-21)8-6-7-22(2)28(34)29(4,25-13-14-26(30)27(31)19-25)15-16-32-17-18-33(23(3)20-32)37(5,35)36/h9-14,19,22-23H,6-8,15-18,20H2,1-5H3/t22?,23-,29?/m1/s1. The molecule has 37 heavy (non-hydrogen) atoms. The van der Waals surface area contributed by atoms with Gasteiger partial charge in [-0.3, -0.25) is 4.79 Å². The number of ketones is 1. The van der Waals surface area contributed by atoms with Gasteiger partial charge in [0.2, 0.25) is 10.0 Å². The number of aryl methyl sites for hydroxylation is 2. The van der Waals surface area contributed by atoms with Crippen LogP contribution in [0.5, 0.6) is 0 Å². The molecule has 1 saturated heterocycles. The highest BCUT2D eigenvalue weighted by atomic mass is 35.5. The molecule has 0 saturated carbocycles. The molecule has 1 heterocycles. The van der Waals surface area contributed by atoms with E-state index < -0.39 is 15.4 Å². The molecule has 1 aliphatic heterocycles. The summed E-state index contributed by atoms with van der Waals surface area (Å²) < 4.78 is 25.7. The Morgan fingerprint density at radius 3 is 2.38 bits per heavy atom. The molecule has 3 rings (SSSR count). The molecule has 0 amide bonds. The lowest BCUT2D eigenvalue weighted by molar-refractivity contribution is -0.128. The van der Waals surface area contributed by atoms with E-state index in [9.17, 15) is 13.2 Å². The van der Waals surface area contributed by atoms with E-state index in [2.05, 4.69) is 36.1 Å². The maximum Gasteiger partial charge on any atom is 0.211 e. The third kappa shape index (κ3) is 7.79. The van der Waals surface area contributed by atoms with Crippen LogP contribution < -0.4 is 0 Å². The number of hydrogen-bond acceptors (Lipinski definition) is 4. The van der Waals surface area contributed by atoms with Crippen molar-refractivity contribution in [2.75, 3.05) is 32.4 Å². The predicted octanol–water partition coefficient (Wildman–Crippen LogP) is 6.14. The minimum absolute atomic E-state index is 0.101. The number of halogens is 2. The first-order chi connectivity index (χ1) is 17.3. The van der Waals surface area contributed by atoms with Gasteiger partial charge in [0.05, 0.1) is 21.7 Å². The lowest BCUT2D eigenvalue weighted by Crippen LogP contribution is -2.54. The number of sulfonamides is 1. The van der Waals surface area contributed by atoms with Crippen molar-refractivity contribution in [2.45, 2.75) is 64.8 Å². The van der Waals surface area contributed by atoms with Crippen LogP contribution in [-0.4, -0.2) is 61.9 Å². The number of carbonyl (C=O) groups is 1. The van der Waals surface area contributed by atoms with Crippen LogP contribution in [0, 0.1) is 12.8 Å². The molecule has 0 spiro atoms. The molecule has 2 unspecified atom stereocenters. The van der Waals surface area contributed by atoms with Crippen LogP contribution in [0.15, 0.2) is 42.5 Å². The molecule has 2 aromatic rings. The van der Waals surface area contributed by atoms with E-state index in [-0.39, 0.29) is 17.7 Å². The Labute approximate surface area is 233 Å². The zero-order valence-electron chi connectivity index (χ0n) is 22.6. The minimum Gasteiger partial charge on any atom is -0.300 e. The van der Waals surface area contributed by atoms with Gasteiger partial charge in [0.15, 0.2) is 0 Å². The summed E-state index contributed by atoms with van der Waals surface area (Å²) >= 11 is 12.6. The van der Waals surface area contributed by atoms with Gasteiger partial charge in [-0.05, 0) is 76.3 Å². The van der Waals surface area contributed by atoms with Gasteiger partial charge >= 0.3 is 0 Å². The molecule has 2 aromatic carbocycles. The summed E-state index contributed by atoms with van der Waals surface area (Å²) in [5.74, 6) is 0.100. The van der Waals surface area contributed by atoms with Crippen LogP contribution in [-0.2, 0) is 26.7 Å². The Balaban J connectivity index is 1.72. The summed E-state index contributed by atoms with van der Waals surface area (Å²) in [7, 11) is -3.22. The zero-order chi connectivity index (χ0) is 27.4. The van der Waals surface area contributed by atoms with E-state index in [0.717, 1.165) is 24.8 Å². The van der Waals surface area contributed by atoms with Crippen molar-refractivity contribution in [3.05, 3.63) is 69.2 Å². The maximum absolute atomic E-state index is 14.0. The molecule has 0 N–H and O–H groups in total. The Hall–Kier alpha value is -1.44.